The van der Waals surface area contributed by atoms with Gasteiger partial charge in [-0.25, -0.2) is 0 Å². The molecule has 1 aromatic rings. The van der Waals surface area contributed by atoms with Gasteiger partial charge in [0.05, 0.1) is 12.5 Å². The Morgan fingerprint density at radius 1 is 1.31 bits per heavy atom. The Kier molecular flexibility index (Phi) is 4.68. The number of hydrogen-bond acceptors (Lipinski definition) is 2. The second-order valence-electron chi connectivity index (χ2n) is 3.70. The number of nitrogens with one attached hydrogen (secondary N) is 1. The van der Waals surface area contributed by atoms with E-state index in [-0.39, 0.29) is 11.7 Å². The second kappa shape index (κ2) is 5.80. The number of rotatable bonds is 4. The van der Waals surface area contributed by atoms with E-state index in [2.05, 4.69) is 21.2 Å². The molecule has 4 heteroatoms. The van der Waals surface area contributed by atoms with E-state index >= 15 is 0 Å². The second-order valence-corrected chi connectivity index (χ2v) is 4.62. The summed E-state index contributed by atoms with van der Waals surface area (Å²) in [5.41, 5.74) is 0.927. The molecular formula is C12H14BrNO2. The van der Waals surface area contributed by atoms with Crippen LogP contribution in [0.15, 0.2) is 28.7 Å². The molecule has 0 bridgehead atoms. The standard InChI is InChI=1S/C12H14BrNO2/c1-8(9(2)15)14-12(16)7-10-3-5-11(13)6-4-10/h3-6,8H,7H2,1-2H3,(H,14,16). The predicted molar refractivity (Wildman–Crippen MR) is 66.1 cm³/mol. The number of Topliss-reactive ketones (excluding diaryl/α,β-unsaturated/α-hetero) is 1. The molecule has 0 heterocycles. The maximum atomic E-state index is 11.5. The smallest absolute Gasteiger partial charge is 0.224 e. The molecule has 0 radical (unpaired) electrons. The Morgan fingerprint density at radius 2 is 1.88 bits per heavy atom. The number of carbonyl (C=O) groups excluding carboxylic acids is 2. The van der Waals surface area contributed by atoms with Gasteiger partial charge in [-0.15, -0.1) is 0 Å². The summed E-state index contributed by atoms with van der Waals surface area (Å²) in [4.78, 5) is 22.5. The molecule has 3 nitrogen and oxygen atoms in total. The highest BCUT2D eigenvalue weighted by Crippen LogP contribution is 2.10. The van der Waals surface area contributed by atoms with Crippen LogP contribution in [0, 0.1) is 0 Å². The summed E-state index contributed by atoms with van der Waals surface area (Å²) in [7, 11) is 0. The van der Waals surface area contributed by atoms with E-state index < -0.39 is 6.04 Å². The number of ketones is 1. The molecule has 0 saturated carbocycles. The molecule has 1 unspecified atom stereocenters. The number of carbonyl (C=O) groups is 2. The van der Waals surface area contributed by atoms with E-state index in [9.17, 15) is 9.59 Å². The highest BCUT2D eigenvalue weighted by atomic mass is 79.9. The van der Waals surface area contributed by atoms with Crippen LogP contribution in [0.4, 0.5) is 0 Å². The van der Waals surface area contributed by atoms with Crippen LogP contribution in [0.5, 0.6) is 0 Å². The van der Waals surface area contributed by atoms with Gasteiger partial charge in [-0.2, -0.15) is 0 Å². The third-order valence-electron chi connectivity index (χ3n) is 2.27. The lowest BCUT2D eigenvalue weighted by Crippen LogP contribution is -2.38. The van der Waals surface area contributed by atoms with Crippen molar-refractivity contribution in [2.24, 2.45) is 0 Å². The maximum absolute atomic E-state index is 11.5. The Morgan fingerprint density at radius 3 is 2.38 bits per heavy atom. The monoisotopic (exact) mass is 283 g/mol. The fraction of sp³-hybridized carbons (Fsp3) is 0.333. The zero-order valence-corrected chi connectivity index (χ0v) is 10.9. The molecular weight excluding hydrogens is 270 g/mol. The average Bonchev–Trinajstić information content (AvgIpc) is 2.21. The van der Waals surface area contributed by atoms with Crippen LogP contribution in [0.25, 0.3) is 0 Å². The van der Waals surface area contributed by atoms with Gasteiger partial charge >= 0.3 is 0 Å². The molecule has 1 rings (SSSR count). The first-order chi connectivity index (χ1) is 7.49. The number of amides is 1. The third-order valence-corrected chi connectivity index (χ3v) is 2.79. The number of benzene rings is 1. The van der Waals surface area contributed by atoms with Crippen LogP contribution in [-0.2, 0) is 16.0 Å². The highest BCUT2D eigenvalue weighted by molar-refractivity contribution is 9.10. The van der Waals surface area contributed by atoms with Gasteiger partial charge in [-0.05, 0) is 31.5 Å². The largest absolute Gasteiger partial charge is 0.346 e. The fourth-order valence-electron chi connectivity index (χ4n) is 1.18. The van der Waals surface area contributed by atoms with Gasteiger partial charge < -0.3 is 5.32 Å². The summed E-state index contributed by atoms with van der Waals surface area (Å²) in [6.45, 7) is 3.15. The van der Waals surface area contributed by atoms with Crippen molar-refractivity contribution in [2.45, 2.75) is 26.3 Å². The van der Waals surface area contributed by atoms with E-state index in [0.29, 0.717) is 6.42 Å². The quantitative estimate of drug-likeness (QED) is 0.920. The average molecular weight is 284 g/mol. The van der Waals surface area contributed by atoms with Crippen LogP contribution in [-0.4, -0.2) is 17.7 Å². The molecule has 1 atom stereocenters. The number of halogens is 1. The molecule has 0 fully saturated rings. The molecule has 1 aromatic carbocycles. The Hall–Kier alpha value is -1.16. The van der Waals surface area contributed by atoms with E-state index in [1.54, 1.807) is 6.92 Å². The van der Waals surface area contributed by atoms with Crippen molar-refractivity contribution in [1.29, 1.82) is 0 Å². The normalized spacial score (nSPS) is 11.9. The van der Waals surface area contributed by atoms with Gasteiger partial charge in [0, 0.05) is 4.47 Å². The SMILES string of the molecule is CC(=O)C(C)NC(=O)Cc1ccc(Br)cc1. The zero-order valence-electron chi connectivity index (χ0n) is 9.29. The van der Waals surface area contributed by atoms with E-state index in [4.69, 9.17) is 0 Å². The summed E-state index contributed by atoms with van der Waals surface area (Å²) in [5.74, 6) is -0.172. The van der Waals surface area contributed by atoms with Crippen LogP contribution < -0.4 is 5.32 Å². The highest BCUT2D eigenvalue weighted by Gasteiger charge is 2.11. The molecule has 0 spiro atoms. The van der Waals surface area contributed by atoms with Gasteiger partial charge in [-0.1, -0.05) is 28.1 Å². The van der Waals surface area contributed by atoms with E-state index in [1.807, 2.05) is 24.3 Å². The first-order valence-electron chi connectivity index (χ1n) is 5.03. The van der Waals surface area contributed by atoms with Gasteiger partial charge in [0.15, 0.2) is 5.78 Å². The van der Waals surface area contributed by atoms with Crippen LogP contribution in [0.3, 0.4) is 0 Å². The predicted octanol–water partition coefficient (Wildman–Crippen LogP) is 2.09. The molecule has 0 aromatic heterocycles. The van der Waals surface area contributed by atoms with Crippen molar-refractivity contribution >= 4 is 27.6 Å². The van der Waals surface area contributed by atoms with Gasteiger partial charge in [0.1, 0.15) is 0 Å². The van der Waals surface area contributed by atoms with Crippen molar-refractivity contribution in [3.63, 3.8) is 0 Å². The third kappa shape index (κ3) is 4.14. The summed E-state index contributed by atoms with van der Waals surface area (Å²) < 4.78 is 0.980. The van der Waals surface area contributed by atoms with Gasteiger partial charge in [-0.3, -0.25) is 9.59 Å². The summed E-state index contributed by atoms with van der Waals surface area (Å²) in [6, 6.07) is 7.11. The lowest BCUT2D eigenvalue weighted by molar-refractivity contribution is -0.126. The minimum absolute atomic E-state index is 0.0378. The van der Waals surface area contributed by atoms with Crippen molar-refractivity contribution in [3.8, 4) is 0 Å². The number of hydrogen-bond donors (Lipinski definition) is 1. The molecule has 86 valence electrons. The van der Waals surface area contributed by atoms with Crippen molar-refractivity contribution < 1.29 is 9.59 Å². The lowest BCUT2D eigenvalue weighted by atomic mass is 10.1. The lowest BCUT2D eigenvalue weighted by Gasteiger charge is -2.10. The summed E-state index contributed by atoms with van der Waals surface area (Å²) in [6.07, 6.45) is 0.297. The molecule has 0 aliphatic carbocycles. The zero-order chi connectivity index (χ0) is 12.1. The molecule has 1 N–H and O–H groups in total. The van der Waals surface area contributed by atoms with Gasteiger partial charge in [0.2, 0.25) is 5.91 Å². The first-order valence-corrected chi connectivity index (χ1v) is 5.82. The summed E-state index contributed by atoms with van der Waals surface area (Å²) in [5, 5.41) is 2.64. The first kappa shape index (κ1) is 12.9. The Labute approximate surface area is 103 Å². The van der Waals surface area contributed by atoms with E-state index in [1.165, 1.54) is 6.92 Å². The van der Waals surface area contributed by atoms with Crippen LogP contribution >= 0.6 is 15.9 Å². The van der Waals surface area contributed by atoms with Crippen LogP contribution in [0.2, 0.25) is 0 Å². The minimum Gasteiger partial charge on any atom is -0.346 e. The molecule has 16 heavy (non-hydrogen) atoms. The maximum Gasteiger partial charge on any atom is 0.224 e. The van der Waals surface area contributed by atoms with Crippen LogP contribution in [0.1, 0.15) is 19.4 Å². The molecule has 0 aliphatic heterocycles. The molecule has 0 saturated heterocycles. The Balaban J connectivity index is 2.52. The van der Waals surface area contributed by atoms with Crippen molar-refractivity contribution in [1.82, 2.24) is 5.32 Å². The Bertz CT molecular complexity index is 387. The van der Waals surface area contributed by atoms with Gasteiger partial charge in [0.25, 0.3) is 0 Å². The molecule has 0 aliphatic rings. The van der Waals surface area contributed by atoms with Crippen molar-refractivity contribution in [3.05, 3.63) is 34.3 Å². The van der Waals surface area contributed by atoms with E-state index in [0.717, 1.165) is 10.0 Å². The summed E-state index contributed by atoms with van der Waals surface area (Å²) >= 11 is 3.33. The molecule has 1 amide bonds. The fourth-order valence-corrected chi connectivity index (χ4v) is 1.45. The van der Waals surface area contributed by atoms with Crippen molar-refractivity contribution in [2.75, 3.05) is 0 Å². The minimum atomic E-state index is -0.414. The topological polar surface area (TPSA) is 46.2 Å².